The molecule has 0 aromatic carbocycles. The van der Waals surface area contributed by atoms with Crippen LogP contribution in [0.15, 0.2) is 18.6 Å². The molecule has 0 saturated heterocycles. The minimum atomic E-state index is -1.02. The Balaban J connectivity index is 2.68. The highest BCUT2D eigenvalue weighted by molar-refractivity contribution is 5.88. The molecule has 2 aromatic heterocycles. The summed E-state index contributed by atoms with van der Waals surface area (Å²) in [5, 5.41) is 19.6. The van der Waals surface area contributed by atoms with Crippen molar-refractivity contribution in [3.8, 4) is 0 Å². The molecule has 0 atom stereocenters. The van der Waals surface area contributed by atoms with Crippen molar-refractivity contribution in [1.82, 2.24) is 19.8 Å². The molecule has 0 unspecified atom stereocenters. The molecule has 0 radical (unpaired) electrons. The Hall–Kier alpha value is -1.98. The van der Waals surface area contributed by atoms with Crippen molar-refractivity contribution >= 4 is 11.6 Å². The molecule has 6 heteroatoms. The van der Waals surface area contributed by atoms with Crippen LogP contribution in [0.2, 0.25) is 0 Å². The van der Waals surface area contributed by atoms with Crippen molar-refractivity contribution in [2.75, 3.05) is 0 Å². The van der Waals surface area contributed by atoms with Crippen LogP contribution >= 0.6 is 0 Å². The van der Waals surface area contributed by atoms with Crippen LogP contribution in [0.4, 0.5) is 0 Å². The maximum Gasteiger partial charge on any atom is 0.337 e. The fraction of sp³-hybridized carbons (Fsp3) is 0. The Morgan fingerprint density at radius 1 is 1.58 bits per heavy atom. The standard InChI is InChI=1S/C6H4N4O2/c11-6(12)4-1-5-9-7-3-10(5)8-2-4/h1-3H,(H,11,12). The average Bonchev–Trinajstić information content (AvgIpc) is 2.49. The summed E-state index contributed by atoms with van der Waals surface area (Å²) in [5.74, 6) is -1.02. The maximum atomic E-state index is 10.5. The molecule has 6 nitrogen and oxygen atoms in total. The number of rotatable bonds is 1. The molecule has 0 saturated carbocycles. The van der Waals surface area contributed by atoms with Gasteiger partial charge in [-0.25, -0.2) is 9.31 Å². The number of hydrogen-bond acceptors (Lipinski definition) is 4. The smallest absolute Gasteiger partial charge is 0.337 e. The van der Waals surface area contributed by atoms with E-state index in [-0.39, 0.29) is 5.56 Å². The van der Waals surface area contributed by atoms with Crippen molar-refractivity contribution < 1.29 is 9.90 Å². The van der Waals surface area contributed by atoms with Crippen LogP contribution in [-0.4, -0.2) is 30.9 Å². The summed E-state index contributed by atoms with van der Waals surface area (Å²) < 4.78 is 1.40. The summed E-state index contributed by atoms with van der Waals surface area (Å²) in [5.41, 5.74) is 0.533. The molecule has 0 amide bonds. The Morgan fingerprint density at radius 2 is 2.42 bits per heavy atom. The normalized spacial score (nSPS) is 10.3. The van der Waals surface area contributed by atoms with Gasteiger partial charge in [-0.05, 0) is 0 Å². The first-order valence-electron chi connectivity index (χ1n) is 3.17. The number of nitrogens with zero attached hydrogens (tertiary/aromatic N) is 4. The van der Waals surface area contributed by atoms with Crippen molar-refractivity contribution in [1.29, 1.82) is 0 Å². The summed E-state index contributed by atoms with van der Waals surface area (Å²) in [6.07, 6.45) is 2.65. The van der Waals surface area contributed by atoms with Crippen LogP contribution in [0.25, 0.3) is 5.65 Å². The van der Waals surface area contributed by atoms with Crippen molar-refractivity contribution in [2.24, 2.45) is 0 Å². The maximum absolute atomic E-state index is 10.5. The van der Waals surface area contributed by atoms with Crippen molar-refractivity contribution in [3.05, 3.63) is 24.2 Å². The molecule has 60 valence electrons. The summed E-state index contributed by atoms with van der Waals surface area (Å²) in [6, 6.07) is 1.41. The van der Waals surface area contributed by atoms with Gasteiger partial charge >= 0.3 is 5.97 Å². The van der Waals surface area contributed by atoms with Crippen LogP contribution in [0.3, 0.4) is 0 Å². The lowest BCUT2D eigenvalue weighted by atomic mass is 10.3. The fourth-order valence-corrected chi connectivity index (χ4v) is 0.841. The predicted octanol–water partition coefficient (Wildman–Crippen LogP) is -0.178. The molecule has 2 rings (SSSR count). The first-order chi connectivity index (χ1) is 5.77. The van der Waals surface area contributed by atoms with Crippen LogP contribution in [0.1, 0.15) is 10.4 Å². The SMILES string of the molecule is O=C(O)c1cnn2cnnc2c1. The Kier molecular flexibility index (Phi) is 1.26. The minimum absolute atomic E-state index is 0.107. The van der Waals surface area contributed by atoms with Gasteiger partial charge in [-0.15, -0.1) is 10.2 Å². The number of aromatic carboxylic acids is 1. The van der Waals surface area contributed by atoms with Crippen LogP contribution in [0.5, 0.6) is 0 Å². The molecule has 1 N–H and O–H groups in total. The highest BCUT2D eigenvalue weighted by atomic mass is 16.4. The third kappa shape index (κ3) is 0.895. The number of aromatic nitrogens is 4. The second-order valence-electron chi connectivity index (χ2n) is 2.18. The van der Waals surface area contributed by atoms with Crippen molar-refractivity contribution in [3.63, 3.8) is 0 Å². The van der Waals surface area contributed by atoms with Gasteiger partial charge in [0.05, 0.1) is 11.8 Å². The Morgan fingerprint density at radius 3 is 3.17 bits per heavy atom. The zero-order chi connectivity index (χ0) is 8.55. The quantitative estimate of drug-likeness (QED) is 0.632. The van der Waals surface area contributed by atoms with Gasteiger partial charge in [0.1, 0.15) is 6.33 Å². The third-order valence-corrected chi connectivity index (χ3v) is 1.41. The molecule has 0 aliphatic heterocycles. The van der Waals surface area contributed by atoms with E-state index in [2.05, 4.69) is 15.3 Å². The molecule has 2 aromatic rings. The molecule has 0 aliphatic carbocycles. The summed E-state index contributed by atoms with van der Waals surface area (Å²) >= 11 is 0. The highest BCUT2D eigenvalue weighted by Gasteiger charge is 2.04. The fourth-order valence-electron chi connectivity index (χ4n) is 0.841. The van der Waals surface area contributed by atoms with Gasteiger partial charge in [-0.2, -0.15) is 5.10 Å². The lowest BCUT2D eigenvalue weighted by molar-refractivity contribution is 0.0696. The number of carboxylic acids is 1. The monoisotopic (exact) mass is 164 g/mol. The summed E-state index contributed by atoms with van der Waals surface area (Å²) in [7, 11) is 0. The van der Waals surface area contributed by atoms with Crippen LogP contribution in [-0.2, 0) is 0 Å². The molecular weight excluding hydrogens is 160 g/mol. The topological polar surface area (TPSA) is 80.4 Å². The summed E-state index contributed by atoms with van der Waals surface area (Å²) in [4.78, 5) is 10.5. The van der Waals surface area contributed by atoms with E-state index in [1.54, 1.807) is 0 Å². The molecule has 0 aliphatic rings. The number of hydrogen-bond donors (Lipinski definition) is 1. The lowest BCUT2D eigenvalue weighted by Crippen LogP contribution is -1.99. The average molecular weight is 164 g/mol. The molecule has 2 heterocycles. The van der Waals surface area contributed by atoms with Crippen LogP contribution in [0, 0.1) is 0 Å². The van der Waals surface area contributed by atoms with Gasteiger partial charge in [0.25, 0.3) is 0 Å². The van der Waals surface area contributed by atoms with Gasteiger partial charge in [0.15, 0.2) is 5.65 Å². The number of carbonyl (C=O) groups is 1. The number of fused-ring (bicyclic) bond motifs is 1. The highest BCUT2D eigenvalue weighted by Crippen LogP contribution is 2.00. The molecule has 0 fully saturated rings. The van der Waals surface area contributed by atoms with Gasteiger partial charge in [-0.3, -0.25) is 0 Å². The Labute approximate surface area is 66.5 Å². The first kappa shape index (κ1) is 6.71. The number of carboxylic acid groups (broad SMARTS) is 1. The van der Waals surface area contributed by atoms with E-state index < -0.39 is 5.97 Å². The van der Waals surface area contributed by atoms with Crippen molar-refractivity contribution in [2.45, 2.75) is 0 Å². The summed E-state index contributed by atoms with van der Waals surface area (Å²) in [6.45, 7) is 0. The van der Waals surface area contributed by atoms with E-state index in [1.807, 2.05) is 0 Å². The van der Waals surface area contributed by atoms with Gasteiger partial charge in [-0.1, -0.05) is 0 Å². The molecular formula is C6H4N4O2. The van der Waals surface area contributed by atoms with E-state index in [4.69, 9.17) is 5.11 Å². The van der Waals surface area contributed by atoms with Gasteiger partial charge < -0.3 is 5.11 Å². The third-order valence-electron chi connectivity index (χ3n) is 1.41. The van der Waals surface area contributed by atoms with E-state index in [0.717, 1.165) is 0 Å². The van der Waals surface area contributed by atoms with Gasteiger partial charge in [0.2, 0.25) is 0 Å². The molecule has 0 spiro atoms. The van der Waals surface area contributed by atoms with E-state index >= 15 is 0 Å². The van der Waals surface area contributed by atoms with Gasteiger partial charge in [0, 0.05) is 6.07 Å². The van der Waals surface area contributed by atoms with Crippen LogP contribution < -0.4 is 0 Å². The molecule has 12 heavy (non-hydrogen) atoms. The lowest BCUT2D eigenvalue weighted by Gasteiger charge is -1.92. The first-order valence-corrected chi connectivity index (χ1v) is 3.17. The zero-order valence-corrected chi connectivity index (χ0v) is 5.88. The minimum Gasteiger partial charge on any atom is -0.478 e. The Bertz CT molecular complexity index is 436. The predicted molar refractivity (Wildman–Crippen MR) is 37.7 cm³/mol. The second-order valence-corrected chi connectivity index (χ2v) is 2.18. The van der Waals surface area contributed by atoms with E-state index in [9.17, 15) is 4.79 Å². The zero-order valence-electron chi connectivity index (χ0n) is 5.88. The second kappa shape index (κ2) is 2.26. The molecule has 0 bridgehead atoms. The van der Waals surface area contributed by atoms with E-state index in [0.29, 0.717) is 5.65 Å². The van der Waals surface area contributed by atoms with E-state index in [1.165, 1.54) is 23.1 Å². The largest absolute Gasteiger partial charge is 0.478 e.